The summed E-state index contributed by atoms with van der Waals surface area (Å²) in [5, 5.41) is 11.8. The Morgan fingerprint density at radius 2 is 1.67 bits per heavy atom. The summed E-state index contributed by atoms with van der Waals surface area (Å²) in [5.41, 5.74) is 6.99. The van der Waals surface area contributed by atoms with Gasteiger partial charge in [0.1, 0.15) is 5.82 Å². The van der Waals surface area contributed by atoms with Crippen molar-refractivity contribution in [2.24, 2.45) is 5.92 Å². The fourth-order valence-corrected chi connectivity index (χ4v) is 7.36. The fraction of sp³-hybridized carbons (Fsp3) is 0.359. The van der Waals surface area contributed by atoms with Crippen molar-refractivity contribution in [3.8, 4) is 5.69 Å². The summed E-state index contributed by atoms with van der Waals surface area (Å²) in [6.45, 7) is 10.3. The van der Waals surface area contributed by atoms with E-state index in [0.29, 0.717) is 17.3 Å². The number of piperidine rings is 1. The maximum atomic E-state index is 13.8. The summed E-state index contributed by atoms with van der Waals surface area (Å²) in [4.78, 5) is 38.2. The number of aryl methyl sites for hydroxylation is 2. The van der Waals surface area contributed by atoms with Gasteiger partial charge in [0.05, 0.1) is 28.2 Å². The number of fused-ring (bicyclic) bond motifs is 3. The molecule has 0 aliphatic carbocycles. The van der Waals surface area contributed by atoms with Crippen LogP contribution in [0.3, 0.4) is 0 Å². The van der Waals surface area contributed by atoms with Crippen molar-refractivity contribution in [1.82, 2.24) is 24.6 Å². The molecule has 2 atom stereocenters. The topological polar surface area (TPSA) is 105 Å². The number of urea groups is 1. The van der Waals surface area contributed by atoms with Gasteiger partial charge in [-0.2, -0.15) is 5.10 Å². The highest BCUT2D eigenvalue weighted by atomic mass is 16.2. The van der Waals surface area contributed by atoms with Crippen molar-refractivity contribution in [2.75, 3.05) is 10.6 Å². The molecule has 2 saturated heterocycles. The quantitative estimate of drug-likeness (QED) is 0.196. The predicted molar refractivity (Wildman–Crippen MR) is 190 cm³/mol. The highest BCUT2D eigenvalue weighted by Gasteiger charge is 2.43. The molecule has 246 valence electrons. The van der Waals surface area contributed by atoms with Crippen LogP contribution in [0.25, 0.3) is 16.6 Å². The summed E-state index contributed by atoms with van der Waals surface area (Å²) in [6, 6.07) is 22.1. The molecule has 0 saturated carbocycles. The molecule has 9 heteroatoms. The Bertz CT molecular complexity index is 1980. The number of nitrogens with zero attached hydrogens (tertiary/aromatic N) is 5. The Kier molecular flexibility index (Phi) is 8.23. The molecule has 2 aliphatic rings. The van der Waals surface area contributed by atoms with Crippen molar-refractivity contribution in [3.05, 3.63) is 107 Å². The van der Waals surface area contributed by atoms with Gasteiger partial charge in [0.2, 0.25) is 0 Å². The van der Waals surface area contributed by atoms with Crippen LogP contribution < -0.4 is 10.6 Å². The molecular formula is C39H43N7O2. The van der Waals surface area contributed by atoms with Crippen LogP contribution >= 0.6 is 0 Å². The second kappa shape index (κ2) is 12.5. The van der Waals surface area contributed by atoms with Crippen LogP contribution in [0.15, 0.2) is 79.1 Å². The number of hydrogen-bond acceptors (Lipinski definition) is 5. The molecule has 48 heavy (non-hydrogen) atoms. The minimum absolute atomic E-state index is 0.0901. The van der Waals surface area contributed by atoms with Crippen molar-refractivity contribution in [1.29, 1.82) is 0 Å². The molecule has 2 aliphatic heterocycles. The summed E-state index contributed by atoms with van der Waals surface area (Å²) < 4.78 is 1.79. The maximum Gasteiger partial charge on any atom is 0.324 e. The Morgan fingerprint density at radius 3 is 2.40 bits per heavy atom. The molecule has 2 unspecified atom stereocenters. The van der Waals surface area contributed by atoms with E-state index in [9.17, 15) is 9.59 Å². The van der Waals surface area contributed by atoms with Crippen molar-refractivity contribution >= 4 is 34.3 Å². The lowest BCUT2D eigenvalue weighted by molar-refractivity contribution is 0.0523. The van der Waals surface area contributed by atoms with Gasteiger partial charge in [-0.25, -0.2) is 9.48 Å². The number of benzene rings is 2. The SMILES string of the molecule is Cc1ccc(-n2nc(C(C)(C)C)cc2NC(=O)Nc2cccc(CC3CC4CCC(C3)N4C(=O)c3cc4cnccc4nc3C)c2)cc1. The summed E-state index contributed by atoms with van der Waals surface area (Å²) >= 11 is 0. The average molecular weight is 642 g/mol. The minimum Gasteiger partial charge on any atom is -0.333 e. The smallest absolute Gasteiger partial charge is 0.324 e. The zero-order valence-electron chi connectivity index (χ0n) is 28.3. The van der Waals surface area contributed by atoms with E-state index in [-0.39, 0.29) is 29.4 Å². The molecule has 0 spiro atoms. The van der Waals surface area contributed by atoms with Crippen LogP contribution in [0.2, 0.25) is 0 Å². The van der Waals surface area contributed by atoms with Crippen LogP contribution in [0.5, 0.6) is 0 Å². The van der Waals surface area contributed by atoms with Crippen LogP contribution in [-0.2, 0) is 11.8 Å². The number of amides is 3. The van der Waals surface area contributed by atoms with E-state index >= 15 is 0 Å². The number of aromatic nitrogens is 4. The van der Waals surface area contributed by atoms with Gasteiger partial charge in [0, 0.05) is 47.0 Å². The third-order valence-corrected chi connectivity index (χ3v) is 9.81. The Hall–Kier alpha value is -5.05. The number of anilines is 2. The van der Waals surface area contributed by atoms with Gasteiger partial charge in [-0.15, -0.1) is 0 Å². The first-order valence-electron chi connectivity index (χ1n) is 16.9. The number of pyridine rings is 2. The first-order valence-corrected chi connectivity index (χ1v) is 16.9. The largest absolute Gasteiger partial charge is 0.333 e. The third-order valence-electron chi connectivity index (χ3n) is 9.81. The van der Waals surface area contributed by atoms with E-state index in [1.54, 1.807) is 17.1 Å². The lowest BCUT2D eigenvalue weighted by Gasteiger charge is -2.39. The van der Waals surface area contributed by atoms with Gasteiger partial charge in [0.25, 0.3) is 5.91 Å². The van der Waals surface area contributed by atoms with Crippen molar-refractivity contribution in [3.63, 3.8) is 0 Å². The molecule has 2 aromatic carbocycles. The number of hydrogen-bond donors (Lipinski definition) is 2. The Labute approximate surface area is 281 Å². The van der Waals surface area contributed by atoms with E-state index in [1.165, 1.54) is 5.56 Å². The van der Waals surface area contributed by atoms with E-state index in [2.05, 4.69) is 53.4 Å². The molecule has 2 bridgehead atoms. The molecule has 3 aromatic heterocycles. The van der Waals surface area contributed by atoms with E-state index in [4.69, 9.17) is 10.1 Å². The predicted octanol–water partition coefficient (Wildman–Crippen LogP) is 8.00. The van der Waals surface area contributed by atoms with Crippen molar-refractivity contribution in [2.45, 2.75) is 84.2 Å². The van der Waals surface area contributed by atoms with Crippen molar-refractivity contribution < 1.29 is 9.59 Å². The fourth-order valence-electron chi connectivity index (χ4n) is 7.36. The first-order chi connectivity index (χ1) is 23.0. The zero-order valence-corrected chi connectivity index (χ0v) is 28.3. The van der Waals surface area contributed by atoms with E-state index < -0.39 is 0 Å². The number of carbonyl (C=O) groups is 2. The van der Waals surface area contributed by atoms with Gasteiger partial charge < -0.3 is 10.2 Å². The lowest BCUT2D eigenvalue weighted by atomic mass is 9.85. The molecule has 7 rings (SSSR count). The standard InChI is InChI=1S/C39H43N7O2/c1-24-9-11-30(12-10-24)46-36(22-35(44-46)39(3,4)5)43-38(48)42-29-8-6-7-26(18-29)17-27-19-31-13-14-32(20-27)45(31)37(47)33-21-28-23-40-16-15-34(28)41-25(33)2/h6-12,15-16,18,21-23,27,31-32H,13-14,17,19-20H2,1-5H3,(H2,42,43,48). The van der Waals surface area contributed by atoms with Crippen LogP contribution in [0.4, 0.5) is 16.3 Å². The van der Waals surface area contributed by atoms with Gasteiger partial charge in [0.15, 0.2) is 0 Å². The van der Waals surface area contributed by atoms with Gasteiger partial charge in [-0.05, 0) is 93.8 Å². The average Bonchev–Trinajstić information content (AvgIpc) is 3.59. The normalized spacial score (nSPS) is 19.0. The van der Waals surface area contributed by atoms with Crippen LogP contribution in [-0.4, -0.2) is 48.7 Å². The first kappa shape index (κ1) is 31.5. The molecule has 0 radical (unpaired) electrons. The zero-order chi connectivity index (χ0) is 33.6. The molecule has 3 amide bonds. The van der Waals surface area contributed by atoms with Gasteiger partial charge in [-0.3, -0.25) is 20.1 Å². The summed E-state index contributed by atoms with van der Waals surface area (Å²) in [7, 11) is 0. The Morgan fingerprint density at radius 1 is 0.917 bits per heavy atom. The van der Waals surface area contributed by atoms with Gasteiger partial charge >= 0.3 is 6.03 Å². The summed E-state index contributed by atoms with van der Waals surface area (Å²) in [5.74, 6) is 1.17. The maximum absolute atomic E-state index is 13.8. The lowest BCUT2D eigenvalue weighted by Crippen LogP contribution is -2.47. The number of nitrogens with one attached hydrogen (secondary N) is 2. The highest BCUT2D eigenvalue weighted by Crippen LogP contribution is 2.41. The second-order valence-corrected chi connectivity index (χ2v) is 14.5. The highest BCUT2D eigenvalue weighted by molar-refractivity contribution is 6.00. The molecule has 9 nitrogen and oxygen atoms in total. The van der Waals surface area contributed by atoms with Gasteiger partial charge in [-0.1, -0.05) is 50.6 Å². The molecule has 2 N–H and O–H groups in total. The molecular weight excluding hydrogens is 598 g/mol. The monoisotopic (exact) mass is 641 g/mol. The Balaban J connectivity index is 1.01. The molecule has 5 aromatic rings. The number of rotatable bonds is 6. The summed E-state index contributed by atoms with van der Waals surface area (Å²) in [6.07, 6.45) is 8.42. The van der Waals surface area contributed by atoms with E-state index in [1.807, 2.05) is 68.4 Å². The third kappa shape index (κ3) is 6.41. The minimum atomic E-state index is -0.319. The van der Waals surface area contributed by atoms with Crippen LogP contribution in [0.1, 0.15) is 79.3 Å². The number of carbonyl (C=O) groups excluding carboxylic acids is 2. The van der Waals surface area contributed by atoms with Crippen LogP contribution in [0, 0.1) is 19.8 Å². The molecule has 5 heterocycles. The molecule has 2 fully saturated rings. The van der Waals surface area contributed by atoms with E-state index in [0.717, 1.165) is 71.3 Å². The second-order valence-electron chi connectivity index (χ2n) is 14.5.